The van der Waals surface area contributed by atoms with Gasteiger partial charge in [0.25, 0.3) is 0 Å². The summed E-state index contributed by atoms with van der Waals surface area (Å²) in [5.41, 5.74) is 1.14. The summed E-state index contributed by atoms with van der Waals surface area (Å²) in [4.78, 5) is 8.94. The minimum Gasteiger partial charge on any atom is -0.237 e. The van der Waals surface area contributed by atoms with Crippen molar-refractivity contribution >= 4 is 11.6 Å². The van der Waals surface area contributed by atoms with Crippen LogP contribution in [0.5, 0.6) is 0 Å². The summed E-state index contributed by atoms with van der Waals surface area (Å²) >= 11 is 6.02. The minimum absolute atomic E-state index is 0.376. The molecule has 0 amide bonds. The fourth-order valence-electron chi connectivity index (χ4n) is 1.54. The Morgan fingerprint density at radius 2 is 1.93 bits per heavy atom. The first-order valence-corrected chi connectivity index (χ1v) is 6.00. The molecule has 1 heterocycles. The molecule has 1 atom stereocenters. The maximum Gasteiger partial charge on any atom is 0.133 e. The SMILES string of the molecule is CC(C)C(C)c1nc(Cl)cc(C2CC2)n1. The summed E-state index contributed by atoms with van der Waals surface area (Å²) in [6, 6.07) is 1.91. The van der Waals surface area contributed by atoms with Crippen molar-refractivity contribution in [1.82, 2.24) is 9.97 Å². The number of halogens is 1. The second-order valence-electron chi connectivity index (χ2n) is 4.78. The van der Waals surface area contributed by atoms with Gasteiger partial charge in [-0.15, -0.1) is 0 Å². The summed E-state index contributed by atoms with van der Waals surface area (Å²) in [5, 5.41) is 0.592. The van der Waals surface area contributed by atoms with Gasteiger partial charge < -0.3 is 0 Å². The Morgan fingerprint density at radius 3 is 2.47 bits per heavy atom. The van der Waals surface area contributed by atoms with Crippen molar-refractivity contribution in [2.45, 2.75) is 45.4 Å². The van der Waals surface area contributed by atoms with Crippen LogP contribution < -0.4 is 0 Å². The zero-order valence-corrected chi connectivity index (χ0v) is 10.3. The fourth-order valence-corrected chi connectivity index (χ4v) is 1.74. The van der Waals surface area contributed by atoms with Gasteiger partial charge in [0.1, 0.15) is 11.0 Å². The van der Waals surface area contributed by atoms with Crippen molar-refractivity contribution < 1.29 is 0 Å². The molecule has 1 aromatic rings. The largest absolute Gasteiger partial charge is 0.237 e. The van der Waals surface area contributed by atoms with Gasteiger partial charge in [0.2, 0.25) is 0 Å². The first-order valence-electron chi connectivity index (χ1n) is 5.62. The van der Waals surface area contributed by atoms with Crippen LogP contribution in [-0.2, 0) is 0 Å². The van der Waals surface area contributed by atoms with E-state index in [2.05, 4.69) is 30.7 Å². The normalized spacial score (nSPS) is 18.2. The summed E-state index contributed by atoms with van der Waals surface area (Å²) < 4.78 is 0. The van der Waals surface area contributed by atoms with Gasteiger partial charge in [-0.05, 0) is 24.8 Å². The second-order valence-corrected chi connectivity index (χ2v) is 5.17. The molecule has 15 heavy (non-hydrogen) atoms. The van der Waals surface area contributed by atoms with Crippen LogP contribution in [0.3, 0.4) is 0 Å². The highest BCUT2D eigenvalue weighted by molar-refractivity contribution is 6.29. The summed E-state index contributed by atoms with van der Waals surface area (Å²) in [7, 11) is 0. The van der Waals surface area contributed by atoms with Crippen LogP contribution in [-0.4, -0.2) is 9.97 Å². The molecule has 0 aliphatic heterocycles. The maximum absolute atomic E-state index is 6.02. The molecule has 1 aromatic heterocycles. The third-order valence-electron chi connectivity index (χ3n) is 3.13. The first kappa shape index (κ1) is 10.9. The zero-order chi connectivity index (χ0) is 11.0. The molecule has 0 radical (unpaired) electrons. The van der Waals surface area contributed by atoms with Crippen LogP contribution in [0.15, 0.2) is 6.07 Å². The lowest BCUT2D eigenvalue weighted by Gasteiger charge is -2.14. The predicted molar refractivity (Wildman–Crippen MR) is 62.3 cm³/mol. The molecular formula is C12H17ClN2. The van der Waals surface area contributed by atoms with Crippen molar-refractivity contribution in [2.75, 3.05) is 0 Å². The molecule has 1 aliphatic rings. The van der Waals surface area contributed by atoms with Crippen LogP contribution in [0.2, 0.25) is 5.15 Å². The molecule has 82 valence electrons. The second kappa shape index (κ2) is 4.09. The van der Waals surface area contributed by atoms with E-state index in [9.17, 15) is 0 Å². The average Bonchev–Trinajstić information content (AvgIpc) is 2.98. The standard InChI is InChI=1S/C12H17ClN2/c1-7(2)8(3)12-14-10(9-4-5-9)6-11(13)15-12/h6-9H,4-5H2,1-3H3. The Morgan fingerprint density at radius 1 is 1.27 bits per heavy atom. The van der Waals surface area contributed by atoms with Crippen LogP contribution >= 0.6 is 11.6 Å². The Kier molecular flexibility index (Phi) is 2.96. The van der Waals surface area contributed by atoms with Gasteiger partial charge in [0.05, 0.1) is 0 Å². The Labute approximate surface area is 96.1 Å². The van der Waals surface area contributed by atoms with Crippen LogP contribution in [0.25, 0.3) is 0 Å². The minimum atomic E-state index is 0.376. The van der Waals surface area contributed by atoms with Crippen LogP contribution in [0.1, 0.15) is 57.0 Å². The third kappa shape index (κ3) is 2.49. The Bertz CT molecular complexity index is 359. The van der Waals surface area contributed by atoms with E-state index >= 15 is 0 Å². The highest BCUT2D eigenvalue weighted by Crippen LogP contribution is 2.40. The molecule has 3 heteroatoms. The van der Waals surface area contributed by atoms with Gasteiger partial charge in [-0.25, -0.2) is 9.97 Å². The number of hydrogen-bond donors (Lipinski definition) is 0. The first-order chi connectivity index (χ1) is 7.08. The molecular weight excluding hydrogens is 208 g/mol. The van der Waals surface area contributed by atoms with Crippen molar-refractivity contribution in [3.8, 4) is 0 Å². The van der Waals surface area contributed by atoms with E-state index < -0.39 is 0 Å². The van der Waals surface area contributed by atoms with Crippen molar-refractivity contribution in [2.24, 2.45) is 5.92 Å². The van der Waals surface area contributed by atoms with Crippen LogP contribution in [0, 0.1) is 5.92 Å². The molecule has 1 aliphatic carbocycles. The summed E-state index contributed by atoms with van der Waals surface area (Å²) in [6.07, 6.45) is 2.51. The van der Waals surface area contributed by atoms with Gasteiger partial charge in [-0.3, -0.25) is 0 Å². The van der Waals surface area contributed by atoms with Gasteiger partial charge in [-0.2, -0.15) is 0 Å². The van der Waals surface area contributed by atoms with Crippen molar-refractivity contribution in [3.63, 3.8) is 0 Å². The summed E-state index contributed by atoms with van der Waals surface area (Å²) in [5.74, 6) is 2.47. The molecule has 1 saturated carbocycles. The summed E-state index contributed by atoms with van der Waals surface area (Å²) in [6.45, 7) is 6.53. The van der Waals surface area contributed by atoms with Crippen molar-refractivity contribution in [1.29, 1.82) is 0 Å². The Balaban J connectivity index is 2.30. The third-order valence-corrected chi connectivity index (χ3v) is 3.33. The van der Waals surface area contributed by atoms with E-state index in [0.717, 1.165) is 11.5 Å². The lowest BCUT2D eigenvalue weighted by molar-refractivity contribution is 0.508. The molecule has 0 spiro atoms. The topological polar surface area (TPSA) is 25.8 Å². The zero-order valence-electron chi connectivity index (χ0n) is 9.50. The maximum atomic E-state index is 6.02. The molecule has 1 fully saturated rings. The van der Waals surface area contributed by atoms with Gasteiger partial charge in [0, 0.05) is 17.5 Å². The van der Waals surface area contributed by atoms with Gasteiger partial charge >= 0.3 is 0 Å². The van der Waals surface area contributed by atoms with E-state index in [1.165, 1.54) is 12.8 Å². The van der Waals surface area contributed by atoms with E-state index in [0.29, 0.717) is 22.9 Å². The molecule has 0 saturated heterocycles. The average molecular weight is 225 g/mol. The number of hydrogen-bond acceptors (Lipinski definition) is 2. The predicted octanol–water partition coefficient (Wildman–Crippen LogP) is 3.77. The molecule has 2 nitrogen and oxygen atoms in total. The smallest absolute Gasteiger partial charge is 0.133 e. The van der Waals surface area contributed by atoms with Gasteiger partial charge in [-0.1, -0.05) is 32.4 Å². The molecule has 2 rings (SSSR count). The molecule has 0 aromatic carbocycles. The lowest BCUT2D eigenvalue weighted by Crippen LogP contribution is -2.08. The molecule has 0 bridgehead atoms. The highest BCUT2D eigenvalue weighted by Gasteiger charge is 2.26. The van der Waals surface area contributed by atoms with E-state index in [1.807, 2.05) is 6.07 Å². The monoisotopic (exact) mass is 224 g/mol. The van der Waals surface area contributed by atoms with Crippen LogP contribution in [0.4, 0.5) is 0 Å². The number of nitrogens with zero attached hydrogens (tertiary/aromatic N) is 2. The molecule has 0 N–H and O–H groups in total. The number of aromatic nitrogens is 2. The van der Waals surface area contributed by atoms with E-state index in [4.69, 9.17) is 11.6 Å². The van der Waals surface area contributed by atoms with Gasteiger partial charge in [0.15, 0.2) is 0 Å². The molecule has 1 unspecified atom stereocenters. The fraction of sp³-hybridized carbons (Fsp3) is 0.667. The van der Waals surface area contributed by atoms with Crippen molar-refractivity contribution in [3.05, 3.63) is 22.7 Å². The Hall–Kier alpha value is -0.630. The van der Waals surface area contributed by atoms with E-state index in [-0.39, 0.29) is 0 Å². The quantitative estimate of drug-likeness (QED) is 0.731. The number of rotatable bonds is 3. The van der Waals surface area contributed by atoms with E-state index in [1.54, 1.807) is 0 Å². The lowest BCUT2D eigenvalue weighted by atomic mass is 9.97. The highest BCUT2D eigenvalue weighted by atomic mass is 35.5.